The van der Waals surface area contributed by atoms with Crippen molar-refractivity contribution in [3.8, 4) is 11.4 Å². The molecule has 0 unspecified atom stereocenters. The Bertz CT molecular complexity index is 911. The van der Waals surface area contributed by atoms with E-state index in [-0.39, 0.29) is 17.4 Å². The molecule has 0 radical (unpaired) electrons. The molecule has 3 aromatic rings. The quantitative estimate of drug-likeness (QED) is 0.694. The van der Waals surface area contributed by atoms with E-state index in [1.165, 1.54) is 11.8 Å². The summed E-state index contributed by atoms with van der Waals surface area (Å²) in [6, 6.07) is 14.9. The number of nitrogens with two attached hydrogens (primary N) is 1. The van der Waals surface area contributed by atoms with E-state index in [2.05, 4.69) is 15.6 Å². The van der Waals surface area contributed by atoms with Crippen LogP contribution in [0.15, 0.2) is 48.5 Å². The molecule has 0 saturated carbocycles. The first kappa shape index (κ1) is 17.8. The summed E-state index contributed by atoms with van der Waals surface area (Å²) in [7, 11) is 1.53. The van der Waals surface area contributed by atoms with Crippen molar-refractivity contribution in [2.24, 2.45) is 0 Å². The predicted molar refractivity (Wildman–Crippen MR) is 99.8 cm³/mol. The van der Waals surface area contributed by atoms with Gasteiger partial charge in [0.1, 0.15) is 5.75 Å². The highest BCUT2D eigenvalue weighted by atomic mass is 35.5. The molecule has 0 aliphatic carbocycles. The lowest BCUT2D eigenvalue weighted by Crippen LogP contribution is -2.27. The van der Waals surface area contributed by atoms with Crippen molar-refractivity contribution >= 4 is 23.3 Å². The second-order valence-corrected chi connectivity index (χ2v) is 5.95. The van der Waals surface area contributed by atoms with Gasteiger partial charge >= 0.3 is 0 Å². The average Bonchev–Trinajstić information content (AvgIpc) is 3.04. The largest absolute Gasteiger partial charge is 0.495 e. The molecule has 0 bridgehead atoms. The number of anilines is 1. The predicted octanol–water partition coefficient (Wildman–Crippen LogP) is 2.48. The van der Waals surface area contributed by atoms with E-state index in [9.17, 15) is 4.79 Å². The summed E-state index contributed by atoms with van der Waals surface area (Å²) >= 11 is 6.12. The van der Waals surface area contributed by atoms with E-state index in [4.69, 9.17) is 22.1 Å². The first-order valence-corrected chi connectivity index (χ1v) is 8.35. The van der Waals surface area contributed by atoms with Gasteiger partial charge in [-0.15, -0.1) is 5.10 Å². The lowest BCUT2D eigenvalue weighted by Gasteiger charge is -2.07. The molecule has 0 aliphatic rings. The number of rotatable bonds is 6. The molecule has 0 saturated heterocycles. The molecule has 1 aromatic heterocycles. The summed E-state index contributed by atoms with van der Waals surface area (Å²) in [4.78, 5) is 12.3. The molecule has 0 spiro atoms. The van der Waals surface area contributed by atoms with Crippen LogP contribution in [-0.2, 0) is 6.42 Å². The minimum absolute atomic E-state index is 0.0741. The SMILES string of the molecule is COc1ccc(-n2nnc(C(=O)NCCc3ccccc3)c2N)cc1Cl. The van der Waals surface area contributed by atoms with Gasteiger partial charge in [0.25, 0.3) is 5.91 Å². The van der Waals surface area contributed by atoms with Gasteiger partial charge in [-0.2, -0.15) is 4.68 Å². The third-order valence-electron chi connectivity index (χ3n) is 3.84. The van der Waals surface area contributed by atoms with Crippen molar-refractivity contribution in [2.75, 3.05) is 19.4 Å². The Kier molecular flexibility index (Phi) is 5.38. The fourth-order valence-corrected chi connectivity index (χ4v) is 2.73. The fourth-order valence-electron chi connectivity index (χ4n) is 2.48. The Labute approximate surface area is 155 Å². The number of methoxy groups -OCH3 is 1. The van der Waals surface area contributed by atoms with E-state index in [1.807, 2.05) is 30.3 Å². The molecular formula is C18H18ClN5O2. The highest BCUT2D eigenvalue weighted by molar-refractivity contribution is 6.32. The van der Waals surface area contributed by atoms with Crippen LogP contribution in [0, 0.1) is 0 Å². The van der Waals surface area contributed by atoms with E-state index in [0.29, 0.717) is 29.4 Å². The van der Waals surface area contributed by atoms with Crippen LogP contribution in [0.5, 0.6) is 5.75 Å². The fraction of sp³-hybridized carbons (Fsp3) is 0.167. The van der Waals surface area contributed by atoms with Gasteiger partial charge in [0.05, 0.1) is 17.8 Å². The van der Waals surface area contributed by atoms with Crippen LogP contribution in [0.2, 0.25) is 5.02 Å². The van der Waals surface area contributed by atoms with E-state index >= 15 is 0 Å². The first-order chi connectivity index (χ1) is 12.6. The van der Waals surface area contributed by atoms with Crippen molar-refractivity contribution in [1.82, 2.24) is 20.3 Å². The number of ether oxygens (including phenoxy) is 1. The second kappa shape index (κ2) is 7.88. The van der Waals surface area contributed by atoms with Crippen molar-refractivity contribution in [3.63, 3.8) is 0 Å². The van der Waals surface area contributed by atoms with E-state index < -0.39 is 0 Å². The monoisotopic (exact) mass is 371 g/mol. The van der Waals surface area contributed by atoms with Crippen LogP contribution in [0.4, 0.5) is 5.82 Å². The number of hydrogen-bond donors (Lipinski definition) is 2. The van der Waals surface area contributed by atoms with Crippen LogP contribution in [-0.4, -0.2) is 34.6 Å². The van der Waals surface area contributed by atoms with Gasteiger partial charge in [0.2, 0.25) is 0 Å². The summed E-state index contributed by atoms with van der Waals surface area (Å²) in [6.45, 7) is 0.476. The number of nitrogen functional groups attached to an aromatic ring is 1. The maximum absolute atomic E-state index is 12.3. The van der Waals surface area contributed by atoms with Crippen LogP contribution in [0.3, 0.4) is 0 Å². The number of nitrogens with one attached hydrogen (secondary N) is 1. The molecular weight excluding hydrogens is 354 g/mol. The number of nitrogens with zero attached hydrogens (tertiary/aromatic N) is 3. The average molecular weight is 372 g/mol. The number of amides is 1. The van der Waals surface area contributed by atoms with Crippen molar-refractivity contribution < 1.29 is 9.53 Å². The van der Waals surface area contributed by atoms with Gasteiger partial charge in [0, 0.05) is 6.54 Å². The number of carbonyl (C=O) groups excluding carboxylic acids is 1. The number of carbonyl (C=O) groups is 1. The maximum Gasteiger partial charge on any atom is 0.275 e. The Hall–Kier alpha value is -3.06. The lowest BCUT2D eigenvalue weighted by molar-refractivity contribution is 0.0950. The van der Waals surface area contributed by atoms with Crippen LogP contribution in [0.1, 0.15) is 16.1 Å². The van der Waals surface area contributed by atoms with Crippen molar-refractivity contribution in [2.45, 2.75) is 6.42 Å². The molecule has 1 amide bonds. The third kappa shape index (κ3) is 3.78. The third-order valence-corrected chi connectivity index (χ3v) is 4.14. The smallest absolute Gasteiger partial charge is 0.275 e. The normalized spacial score (nSPS) is 10.5. The van der Waals surface area contributed by atoms with Crippen LogP contribution >= 0.6 is 11.6 Å². The van der Waals surface area contributed by atoms with Gasteiger partial charge in [-0.3, -0.25) is 4.79 Å². The summed E-state index contributed by atoms with van der Waals surface area (Å²) in [5.74, 6) is 0.306. The molecule has 0 fully saturated rings. The standard InChI is InChI=1S/C18H18ClN5O2/c1-26-15-8-7-13(11-14(15)19)24-17(20)16(22-23-24)18(25)21-10-9-12-5-3-2-4-6-12/h2-8,11H,9-10,20H2,1H3,(H,21,25). The summed E-state index contributed by atoms with van der Waals surface area (Å²) < 4.78 is 6.48. The summed E-state index contributed by atoms with van der Waals surface area (Å²) in [5, 5.41) is 11.1. The Morgan fingerprint density at radius 2 is 2.04 bits per heavy atom. The van der Waals surface area contributed by atoms with Gasteiger partial charge in [0.15, 0.2) is 11.5 Å². The number of benzene rings is 2. The Balaban J connectivity index is 1.70. The Morgan fingerprint density at radius 3 is 2.73 bits per heavy atom. The van der Waals surface area contributed by atoms with Gasteiger partial charge < -0.3 is 15.8 Å². The molecule has 2 aromatic carbocycles. The second-order valence-electron chi connectivity index (χ2n) is 5.55. The number of halogens is 1. The summed E-state index contributed by atoms with van der Waals surface area (Å²) in [6.07, 6.45) is 0.717. The van der Waals surface area contributed by atoms with Crippen molar-refractivity contribution in [3.05, 3.63) is 64.8 Å². The molecule has 1 heterocycles. The zero-order chi connectivity index (χ0) is 18.5. The molecule has 8 heteroatoms. The minimum Gasteiger partial charge on any atom is -0.495 e. The molecule has 0 aliphatic heterocycles. The molecule has 134 valence electrons. The number of aromatic nitrogens is 3. The Morgan fingerprint density at radius 1 is 1.27 bits per heavy atom. The van der Waals surface area contributed by atoms with E-state index in [0.717, 1.165) is 5.56 Å². The van der Waals surface area contributed by atoms with Crippen molar-refractivity contribution in [1.29, 1.82) is 0 Å². The lowest BCUT2D eigenvalue weighted by atomic mass is 10.1. The zero-order valence-electron chi connectivity index (χ0n) is 14.1. The van der Waals surface area contributed by atoms with E-state index in [1.54, 1.807) is 18.2 Å². The molecule has 7 nitrogen and oxygen atoms in total. The van der Waals surface area contributed by atoms with Gasteiger partial charge in [-0.25, -0.2) is 0 Å². The van der Waals surface area contributed by atoms with Crippen LogP contribution < -0.4 is 15.8 Å². The molecule has 3 N–H and O–H groups in total. The zero-order valence-corrected chi connectivity index (χ0v) is 14.9. The topological polar surface area (TPSA) is 95.1 Å². The summed E-state index contributed by atoms with van der Waals surface area (Å²) in [5.41, 5.74) is 7.84. The highest BCUT2D eigenvalue weighted by Crippen LogP contribution is 2.27. The van der Waals surface area contributed by atoms with Gasteiger partial charge in [-0.05, 0) is 30.2 Å². The first-order valence-electron chi connectivity index (χ1n) is 7.97. The number of hydrogen-bond acceptors (Lipinski definition) is 5. The molecule has 0 atom stereocenters. The molecule has 3 rings (SSSR count). The highest BCUT2D eigenvalue weighted by Gasteiger charge is 2.18. The minimum atomic E-state index is -0.371. The van der Waals surface area contributed by atoms with Crippen LogP contribution in [0.25, 0.3) is 5.69 Å². The van der Waals surface area contributed by atoms with Gasteiger partial charge in [-0.1, -0.05) is 47.1 Å². The molecule has 26 heavy (non-hydrogen) atoms. The maximum atomic E-state index is 12.3.